The summed E-state index contributed by atoms with van der Waals surface area (Å²) in [5.74, 6) is 0.807. The van der Waals surface area contributed by atoms with E-state index in [4.69, 9.17) is 4.42 Å². The molecule has 0 aliphatic rings. The van der Waals surface area contributed by atoms with Gasteiger partial charge in [0.15, 0.2) is 5.58 Å². The third-order valence-corrected chi connectivity index (χ3v) is 3.95. The third-order valence-electron chi connectivity index (χ3n) is 3.95. The molecule has 0 unspecified atom stereocenters. The van der Waals surface area contributed by atoms with Gasteiger partial charge in [0.05, 0.1) is 5.69 Å². The SMILES string of the molecule is Cc1ccc2nc(-c3ccc(N=Cc4ccccc4O)cc3)oc2c1. The van der Waals surface area contributed by atoms with Crippen molar-refractivity contribution in [3.8, 4) is 17.2 Å². The van der Waals surface area contributed by atoms with Gasteiger partial charge < -0.3 is 9.52 Å². The largest absolute Gasteiger partial charge is 0.507 e. The van der Waals surface area contributed by atoms with Crippen molar-refractivity contribution < 1.29 is 9.52 Å². The highest BCUT2D eigenvalue weighted by Crippen LogP contribution is 2.26. The van der Waals surface area contributed by atoms with Gasteiger partial charge in [-0.1, -0.05) is 18.2 Å². The van der Waals surface area contributed by atoms with Crippen molar-refractivity contribution in [2.24, 2.45) is 4.99 Å². The fourth-order valence-corrected chi connectivity index (χ4v) is 2.59. The first-order chi connectivity index (χ1) is 12.2. The van der Waals surface area contributed by atoms with Gasteiger partial charge in [-0.15, -0.1) is 0 Å². The Balaban J connectivity index is 1.60. The second-order valence-electron chi connectivity index (χ2n) is 5.85. The molecule has 0 bridgehead atoms. The third kappa shape index (κ3) is 3.15. The molecule has 1 heterocycles. The second-order valence-corrected chi connectivity index (χ2v) is 5.85. The van der Waals surface area contributed by atoms with Crippen molar-refractivity contribution in [1.82, 2.24) is 4.98 Å². The van der Waals surface area contributed by atoms with Gasteiger partial charge in [0.1, 0.15) is 11.3 Å². The van der Waals surface area contributed by atoms with E-state index < -0.39 is 0 Å². The molecule has 122 valence electrons. The molecule has 25 heavy (non-hydrogen) atoms. The minimum atomic E-state index is 0.213. The maximum Gasteiger partial charge on any atom is 0.227 e. The van der Waals surface area contributed by atoms with Gasteiger partial charge in [-0.25, -0.2) is 4.98 Å². The van der Waals surface area contributed by atoms with Crippen LogP contribution in [0.25, 0.3) is 22.6 Å². The van der Waals surface area contributed by atoms with Crippen LogP contribution in [-0.2, 0) is 0 Å². The van der Waals surface area contributed by atoms with Crippen LogP contribution in [0.4, 0.5) is 5.69 Å². The van der Waals surface area contributed by atoms with Crippen LogP contribution < -0.4 is 0 Å². The summed E-state index contributed by atoms with van der Waals surface area (Å²) in [7, 11) is 0. The van der Waals surface area contributed by atoms with Gasteiger partial charge in [-0.05, 0) is 61.0 Å². The van der Waals surface area contributed by atoms with E-state index in [1.807, 2.05) is 61.5 Å². The number of oxazole rings is 1. The lowest BCUT2D eigenvalue weighted by Gasteiger charge is -1.98. The molecule has 4 heteroatoms. The summed E-state index contributed by atoms with van der Waals surface area (Å²) < 4.78 is 5.84. The topological polar surface area (TPSA) is 58.6 Å². The first-order valence-electron chi connectivity index (χ1n) is 7.99. The molecule has 0 saturated heterocycles. The van der Waals surface area contributed by atoms with Crippen molar-refractivity contribution in [1.29, 1.82) is 0 Å². The second kappa shape index (κ2) is 6.24. The fraction of sp³-hybridized carbons (Fsp3) is 0.0476. The number of aromatic hydroxyl groups is 1. The maximum absolute atomic E-state index is 9.76. The number of hydrogen-bond acceptors (Lipinski definition) is 4. The van der Waals surface area contributed by atoms with E-state index in [2.05, 4.69) is 9.98 Å². The van der Waals surface area contributed by atoms with Crippen molar-refractivity contribution in [2.75, 3.05) is 0 Å². The van der Waals surface area contributed by atoms with Crippen LogP contribution in [0.15, 0.2) is 76.1 Å². The number of fused-ring (bicyclic) bond motifs is 1. The number of nitrogens with zero attached hydrogens (tertiary/aromatic N) is 2. The number of para-hydroxylation sites is 1. The number of aryl methyl sites for hydroxylation is 1. The number of phenols is 1. The molecule has 0 radical (unpaired) electrons. The van der Waals surface area contributed by atoms with Gasteiger partial charge in [-0.2, -0.15) is 0 Å². The van der Waals surface area contributed by atoms with Gasteiger partial charge in [0.25, 0.3) is 0 Å². The number of aromatic nitrogens is 1. The summed E-state index contributed by atoms with van der Waals surface area (Å²) in [4.78, 5) is 8.91. The van der Waals surface area contributed by atoms with Crippen molar-refractivity contribution in [2.45, 2.75) is 6.92 Å². The highest BCUT2D eigenvalue weighted by Gasteiger charge is 2.08. The molecule has 0 spiro atoms. The van der Waals surface area contributed by atoms with Crippen LogP contribution in [0.2, 0.25) is 0 Å². The average Bonchev–Trinajstić information content (AvgIpc) is 3.04. The standard InChI is InChI=1S/C21H16N2O2/c1-14-6-11-18-20(12-14)25-21(23-18)15-7-9-17(10-8-15)22-13-16-4-2-3-5-19(16)24/h2-13,24H,1H3. The summed E-state index contributed by atoms with van der Waals surface area (Å²) in [6.07, 6.45) is 1.65. The summed E-state index contributed by atoms with van der Waals surface area (Å²) >= 11 is 0. The van der Waals surface area contributed by atoms with Gasteiger partial charge >= 0.3 is 0 Å². The van der Waals surface area contributed by atoms with E-state index >= 15 is 0 Å². The molecule has 0 aliphatic carbocycles. The Morgan fingerprint density at radius 2 is 1.80 bits per heavy atom. The lowest BCUT2D eigenvalue weighted by molar-refractivity contribution is 0.474. The molecule has 1 aromatic heterocycles. The lowest BCUT2D eigenvalue weighted by Crippen LogP contribution is -1.81. The molecule has 4 rings (SSSR count). The number of benzene rings is 3. The van der Waals surface area contributed by atoms with Gasteiger partial charge in [0, 0.05) is 17.3 Å². The number of hydrogen-bond donors (Lipinski definition) is 1. The molecule has 0 fully saturated rings. The van der Waals surface area contributed by atoms with Crippen molar-refractivity contribution in [3.63, 3.8) is 0 Å². The molecule has 0 atom stereocenters. The van der Waals surface area contributed by atoms with Crippen molar-refractivity contribution in [3.05, 3.63) is 77.9 Å². The van der Waals surface area contributed by atoms with E-state index in [0.717, 1.165) is 27.9 Å². The monoisotopic (exact) mass is 328 g/mol. The van der Waals surface area contributed by atoms with E-state index in [0.29, 0.717) is 11.5 Å². The van der Waals surface area contributed by atoms with Crippen molar-refractivity contribution >= 4 is 23.0 Å². The van der Waals surface area contributed by atoms with Crippen LogP contribution >= 0.6 is 0 Å². The fourth-order valence-electron chi connectivity index (χ4n) is 2.59. The molecular formula is C21H16N2O2. The summed E-state index contributed by atoms with van der Waals surface area (Å²) in [6, 6.07) is 20.7. The van der Waals surface area contributed by atoms with E-state index in [-0.39, 0.29) is 5.75 Å². The smallest absolute Gasteiger partial charge is 0.227 e. The van der Waals surface area contributed by atoms with Crippen LogP contribution in [0.3, 0.4) is 0 Å². The quantitative estimate of drug-likeness (QED) is 0.522. The van der Waals surface area contributed by atoms with E-state index in [9.17, 15) is 5.11 Å². The molecule has 0 aliphatic heterocycles. The minimum absolute atomic E-state index is 0.213. The summed E-state index contributed by atoms with van der Waals surface area (Å²) in [6.45, 7) is 2.03. The average molecular weight is 328 g/mol. The Bertz CT molecular complexity index is 1060. The van der Waals surface area contributed by atoms with E-state index in [1.165, 1.54) is 0 Å². The molecule has 4 nitrogen and oxygen atoms in total. The zero-order chi connectivity index (χ0) is 17.2. The van der Waals surface area contributed by atoms with Crippen LogP contribution in [-0.4, -0.2) is 16.3 Å². The molecular weight excluding hydrogens is 312 g/mol. The Morgan fingerprint density at radius 3 is 2.60 bits per heavy atom. The highest BCUT2D eigenvalue weighted by molar-refractivity contribution is 5.85. The Kier molecular flexibility index (Phi) is 3.78. The molecule has 0 amide bonds. The van der Waals surface area contributed by atoms with Gasteiger partial charge in [0.2, 0.25) is 5.89 Å². The molecule has 4 aromatic rings. The normalized spacial score (nSPS) is 11.4. The number of aliphatic imine (C=N–C) groups is 1. The number of rotatable bonds is 3. The Hall–Kier alpha value is -3.40. The molecule has 1 N–H and O–H groups in total. The lowest BCUT2D eigenvalue weighted by atomic mass is 10.2. The zero-order valence-electron chi connectivity index (χ0n) is 13.7. The Morgan fingerprint density at radius 1 is 1.00 bits per heavy atom. The maximum atomic E-state index is 9.76. The minimum Gasteiger partial charge on any atom is -0.507 e. The number of phenolic OH excluding ortho intramolecular Hbond substituents is 1. The first-order valence-corrected chi connectivity index (χ1v) is 7.99. The highest BCUT2D eigenvalue weighted by atomic mass is 16.3. The molecule has 3 aromatic carbocycles. The predicted octanol–water partition coefficient (Wildman–Crippen LogP) is 5.26. The van der Waals surface area contributed by atoms with Crippen LogP contribution in [0, 0.1) is 6.92 Å². The predicted molar refractivity (Wildman–Crippen MR) is 99.5 cm³/mol. The molecule has 0 saturated carbocycles. The zero-order valence-corrected chi connectivity index (χ0v) is 13.7. The van der Waals surface area contributed by atoms with E-state index in [1.54, 1.807) is 18.3 Å². The summed E-state index contributed by atoms with van der Waals surface area (Å²) in [5, 5.41) is 9.76. The van der Waals surface area contributed by atoms with Crippen LogP contribution in [0.5, 0.6) is 5.75 Å². The first kappa shape index (κ1) is 15.1. The Labute approximate surface area is 145 Å². The van der Waals surface area contributed by atoms with Gasteiger partial charge in [-0.3, -0.25) is 4.99 Å². The summed E-state index contributed by atoms with van der Waals surface area (Å²) in [5.41, 5.74) is 5.15. The van der Waals surface area contributed by atoms with Crippen LogP contribution in [0.1, 0.15) is 11.1 Å².